The molecule has 0 atom stereocenters. The van der Waals surface area contributed by atoms with Crippen LogP contribution in [-0.4, -0.2) is 30.7 Å². The first kappa shape index (κ1) is 28.6. The Hall–Kier alpha value is -4.37. The highest BCUT2D eigenvalue weighted by Gasteiger charge is 2.15. The van der Waals surface area contributed by atoms with Crippen LogP contribution in [0.1, 0.15) is 26.3 Å². The summed E-state index contributed by atoms with van der Waals surface area (Å²) >= 11 is 17.7. The summed E-state index contributed by atoms with van der Waals surface area (Å²) in [7, 11) is 0. The monoisotopic (exact) mass is 596 g/mol. The van der Waals surface area contributed by atoms with Gasteiger partial charge in [0.1, 0.15) is 17.2 Å². The lowest BCUT2D eigenvalue weighted by Crippen LogP contribution is -2.24. The van der Waals surface area contributed by atoms with Crippen LogP contribution in [0.15, 0.2) is 96.1 Å². The average molecular weight is 598 g/mol. The highest BCUT2D eigenvalue weighted by atomic mass is 35.5. The van der Waals surface area contributed by atoms with Gasteiger partial charge in [-0.25, -0.2) is 15.0 Å². The van der Waals surface area contributed by atoms with Crippen LogP contribution in [0.5, 0.6) is 17.2 Å². The van der Waals surface area contributed by atoms with E-state index in [1.54, 1.807) is 48.5 Å². The first-order chi connectivity index (χ1) is 19.3. The molecule has 0 heterocycles. The number of nitrogens with one attached hydrogen (secondary N) is 1. The summed E-state index contributed by atoms with van der Waals surface area (Å²) in [5.41, 5.74) is 3.15. The zero-order chi connectivity index (χ0) is 28.5. The van der Waals surface area contributed by atoms with Gasteiger partial charge in [0.25, 0.3) is 5.91 Å². The quantitative estimate of drug-likeness (QED) is 0.101. The first-order valence-electron chi connectivity index (χ1n) is 11.6. The predicted octanol–water partition coefficient (Wildman–Crippen LogP) is 6.61. The Labute approximate surface area is 244 Å². The summed E-state index contributed by atoms with van der Waals surface area (Å²) < 4.78 is 16.4. The molecule has 1 amide bonds. The molecule has 4 aromatic carbocycles. The number of esters is 2. The molecular formula is C29H19Cl3N2O6. The fraction of sp³-hybridized carbons (Fsp3) is 0.0345. The molecule has 0 saturated carbocycles. The first-order valence-corrected chi connectivity index (χ1v) is 12.7. The van der Waals surface area contributed by atoms with E-state index in [2.05, 4.69) is 10.5 Å². The fourth-order valence-corrected chi connectivity index (χ4v) is 3.61. The Morgan fingerprint density at radius 3 is 1.95 bits per heavy atom. The van der Waals surface area contributed by atoms with Gasteiger partial charge >= 0.3 is 11.9 Å². The van der Waals surface area contributed by atoms with E-state index in [9.17, 15) is 14.4 Å². The Balaban J connectivity index is 1.48. The van der Waals surface area contributed by atoms with Gasteiger partial charge in [-0.3, -0.25) is 4.79 Å². The lowest BCUT2D eigenvalue weighted by molar-refractivity contribution is -0.123. The fourth-order valence-electron chi connectivity index (χ4n) is 3.18. The third kappa shape index (κ3) is 8.31. The molecule has 0 fully saturated rings. The second-order valence-corrected chi connectivity index (χ2v) is 9.34. The molecule has 11 heteroatoms. The van der Waals surface area contributed by atoms with E-state index in [4.69, 9.17) is 49.0 Å². The molecule has 0 spiro atoms. The van der Waals surface area contributed by atoms with Crippen LogP contribution in [-0.2, 0) is 4.79 Å². The molecule has 0 aliphatic rings. The summed E-state index contributed by atoms with van der Waals surface area (Å²) in [5.74, 6) is -1.31. The zero-order valence-corrected chi connectivity index (χ0v) is 22.7. The number of hydrogen-bond donors (Lipinski definition) is 1. The van der Waals surface area contributed by atoms with E-state index in [1.165, 1.54) is 48.7 Å². The van der Waals surface area contributed by atoms with Crippen molar-refractivity contribution in [1.29, 1.82) is 0 Å². The molecule has 0 aliphatic carbocycles. The zero-order valence-electron chi connectivity index (χ0n) is 20.5. The minimum Gasteiger partial charge on any atom is -0.484 e. The Morgan fingerprint density at radius 2 is 1.32 bits per heavy atom. The summed E-state index contributed by atoms with van der Waals surface area (Å²) in [6.07, 6.45) is 1.27. The molecule has 0 radical (unpaired) electrons. The Morgan fingerprint density at radius 1 is 0.700 bits per heavy atom. The number of hydrazone groups is 1. The Bertz CT molecular complexity index is 1560. The number of benzene rings is 4. The van der Waals surface area contributed by atoms with E-state index in [-0.39, 0.29) is 29.2 Å². The number of hydrogen-bond acceptors (Lipinski definition) is 7. The molecule has 8 nitrogen and oxygen atoms in total. The molecule has 40 heavy (non-hydrogen) atoms. The van der Waals surface area contributed by atoms with E-state index < -0.39 is 17.8 Å². The van der Waals surface area contributed by atoms with Crippen molar-refractivity contribution in [2.45, 2.75) is 0 Å². The van der Waals surface area contributed by atoms with Crippen LogP contribution >= 0.6 is 34.8 Å². The number of carbonyl (C=O) groups excluding carboxylic acids is 3. The van der Waals surface area contributed by atoms with Crippen molar-refractivity contribution in [2.75, 3.05) is 6.61 Å². The maximum Gasteiger partial charge on any atom is 0.343 e. The number of amides is 1. The van der Waals surface area contributed by atoms with Crippen molar-refractivity contribution in [3.8, 4) is 17.2 Å². The number of carbonyl (C=O) groups is 3. The second-order valence-electron chi connectivity index (χ2n) is 8.03. The van der Waals surface area contributed by atoms with Gasteiger partial charge in [0, 0.05) is 26.7 Å². The van der Waals surface area contributed by atoms with Crippen LogP contribution in [0.2, 0.25) is 15.1 Å². The van der Waals surface area contributed by atoms with Gasteiger partial charge < -0.3 is 14.2 Å². The molecule has 0 aliphatic heterocycles. The second kappa shape index (κ2) is 13.6. The molecule has 0 bridgehead atoms. The average Bonchev–Trinajstić information content (AvgIpc) is 2.94. The smallest absolute Gasteiger partial charge is 0.343 e. The highest BCUT2D eigenvalue weighted by Crippen LogP contribution is 2.26. The predicted molar refractivity (Wildman–Crippen MR) is 152 cm³/mol. The number of halogens is 3. The van der Waals surface area contributed by atoms with E-state index in [0.29, 0.717) is 26.4 Å². The number of ether oxygens (including phenoxy) is 3. The minimum atomic E-state index is -0.688. The van der Waals surface area contributed by atoms with Crippen molar-refractivity contribution in [1.82, 2.24) is 5.43 Å². The molecule has 202 valence electrons. The SMILES string of the molecule is O=C(COc1cccc(Cl)c1)NN=Cc1ccc(OC(=O)c2ccc(Cl)cc2)cc1OC(=O)c1ccc(Cl)cc1. The van der Waals surface area contributed by atoms with Gasteiger partial charge in [-0.1, -0.05) is 40.9 Å². The van der Waals surface area contributed by atoms with Crippen molar-refractivity contribution < 1.29 is 28.6 Å². The summed E-state index contributed by atoms with van der Waals surface area (Å²) in [4.78, 5) is 37.5. The molecule has 0 saturated heterocycles. The van der Waals surface area contributed by atoms with E-state index >= 15 is 0 Å². The van der Waals surface area contributed by atoms with Crippen molar-refractivity contribution in [3.63, 3.8) is 0 Å². The molecular weight excluding hydrogens is 579 g/mol. The minimum absolute atomic E-state index is 0.0227. The van der Waals surface area contributed by atoms with Crippen LogP contribution in [0.4, 0.5) is 0 Å². The van der Waals surface area contributed by atoms with Crippen LogP contribution in [0.25, 0.3) is 0 Å². The normalized spacial score (nSPS) is 10.7. The maximum absolute atomic E-state index is 12.8. The van der Waals surface area contributed by atoms with Gasteiger partial charge in [-0.2, -0.15) is 5.10 Å². The third-order valence-electron chi connectivity index (χ3n) is 5.12. The van der Waals surface area contributed by atoms with Crippen LogP contribution in [0, 0.1) is 0 Å². The van der Waals surface area contributed by atoms with Gasteiger partial charge in [0.05, 0.1) is 17.3 Å². The summed E-state index contributed by atoms with van der Waals surface area (Å²) in [6, 6.07) is 23.2. The van der Waals surface area contributed by atoms with E-state index in [1.807, 2.05) is 0 Å². The summed E-state index contributed by atoms with van der Waals surface area (Å²) in [6.45, 7) is -0.310. The van der Waals surface area contributed by atoms with Crippen molar-refractivity contribution in [3.05, 3.63) is 123 Å². The maximum atomic E-state index is 12.8. The summed E-state index contributed by atoms with van der Waals surface area (Å²) in [5, 5.41) is 5.31. The van der Waals surface area contributed by atoms with Gasteiger partial charge in [0.15, 0.2) is 6.61 Å². The van der Waals surface area contributed by atoms with E-state index in [0.717, 1.165) is 0 Å². The largest absolute Gasteiger partial charge is 0.484 e. The lowest BCUT2D eigenvalue weighted by atomic mass is 10.2. The van der Waals surface area contributed by atoms with Crippen LogP contribution in [0.3, 0.4) is 0 Å². The Kier molecular flexibility index (Phi) is 9.75. The highest BCUT2D eigenvalue weighted by molar-refractivity contribution is 6.31. The molecule has 4 rings (SSSR count). The van der Waals surface area contributed by atoms with Crippen molar-refractivity contribution >= 4 is 58.9 Å². The molecule has 4 aromatic rings. The molecule has 0 aromatic heterocycles. The van der Waals surface area contributed by atoms with Crippen LogP contribution < -0.4 is 19.6 Å². The molecule has 1 N–H and O–H groups in total. The van der Waals surface area contributed by atoms with Crippen molar-refractivity contribution in [2.24, 2.45) is 5.10 Å². The van der Waals surface area contributed by atoms with Gasteiger partial charge in [0.2, 0.25) is 0 Å². The van der Waals surface area contributed by atoms with Gasteiger partial charge in [-0.15, -0.1) is 0 Å². The standard InChI is InChI=1S/C29H19Cl3N2O6/c30-21-9-4-18(5-10-21)28(36)39-25-13-8-20(26(15-25)40-29(37)19-6-11-22(31)12-7-19)16-33-34-27(35)17-38-24-3-1-2-23(32)14-24/h1-16H,17H2,(H,34,35). The topological polar surface area (TPSA) is 103 Å². The number of rotatable bonds is 9. The van der Waals surface area contributed by atoms with Gasteiger partial charge in [-0.05, 0) is 78.9 Å². The molecule has 0 unspecified atom stereocenters. The third-order valence-corrected chi connectivity index (χ3v) is 5.86. The lowest BCUT2D eigenvalue weighted by Gasteiger charge is -2.11. The number of nitrogens with zero attached hydrogens (tertiary/aromatic N) is 1.